The molecule has 0 radical (unpaired) electrons. The number of nitrogens with zero attached hydrogens (tertiary/aromatic N) is 2. The molecular weight excluding hydrogens is 342 g/mol. The van der Waals surface area contributed by atoms with Crippen molar-refractivity contribution in [2.45, 2.75) is 18.6 Å². The minimum atomic E-state index is -0.412. The molecule has 0 amide bonds. The molecule has 5 rings (SSSR count). The number of rotatable bonds is 1. The average Bonchev–Trinajstić information content (AvgIpc) is 3.09. The molecule has 2 aliphatic rings. The smallest absolute Gasteiger partial charge is 0.195 e. The lowest BCUT2D eigenvalue weighted by molar-refractivity contribution is -0.169. The van der Waals surface area contributed by atoms with Gasteiger partial charge in [-0.05, 0) is 29.7 Å². The summed E-state index contributed by atoms with van der Waals surface area (Å²) in [4.78, 5) is 19.9. The van der Waals surface area contributed by atoms with E-state index in [-0.39, 0.29) is 5.43 Å². The van der Waals surface area contributed by atoms with Crippen molar-refractivity contribution < 1.29 is 9.47 Å². The summed E-state index contributed by atoms with van der Waals surface area (Å²) >= 11 is 0. The van der Waals surface area contributed by atoms with Crippen LogP contribution < -0.4 is 16.1 Å². The van der Waals surface area contributed by atoms with Gasteiger partial charge in [0.15, 0.2) is 11.2 Å². The van der Waals surface area contributed by atoms with Gasteiger partial charge in [0.1, 0.15) is 0 Å². The lowest BCUT2D eigenvalue weighted by Crippen LogP contribution is -2.45. The van der Waals surface area contributed by atoms with Crippen molar-refractivity contribution in [3.8, 4) is 0 Å². The summed E-state index contributed by atoms with van der Waals surface area (Å²) in [5.41, 5.74) is 8.08. The Bertz CT molecular complexity index is 1080. The Labute approximate surface area is 156 Å². The maximum absolute atomic E-state index is 13.1. The third kappa shape index (κ3) is 2.81. The summed E-state index contributed by atoms with van der Waals surface area (Å²) < 4.78 is 11.6. The summed E-state index contributed by atoms with van der Waals surface area (Å²) in [5.74, 6) is -0.412. The Balaban J connectivity index is 1.56. The first-order valence-electron chi connectivity index (χ1n) is 9.29. The first-order valence-corrected chi connectivity index (χ1v) is 9.29. The molecule has 0 unspecified atom stereocenters. The highest BCUT2D eigenvalue weighted by Gasteiger charge is 2.39. The summed E-state index contributed by atoms with van der Waals surface area (Å²) in [7, 11) is 0. The van der Waals surface area contributed by atoms with Crippen LogP contribution >= 0.6 is 0 Å². The molecule has 1 spiro atoms. The lowest BCUT2D eigenvalue weighted by Gasteiger charge is -2.38. The second-order valence-corrected chi connectivity index (χ2v) is 7.23. The fourth-order valence-corrected chi connectivity index (χ4v) is 4.07. The number of benzene rings is 1. The number of aromatic nitrogens is 1. The predicted octanol–water partition coefficient (Wildman–Crippen LogP) is 2.67. The fourth-order valence-electron chi connectivity index (χ4n) is 4.07. The summed E-state index contributed by atoms with van der Waals surface area (Å²) in [6.45, 7) is 2.97. The van der Waals surface area contributed by atoms with Crippen molar-refractivity contribution in [3.05, 3.63) is 52.8 Å². The number of ether oxygens (including phenoxy) is 2. The van der Waals surface area contributed by atoms with Crippen molar-refractivity contribution in [3.63, 3.8) is 0 Å². The molecule has 2 fully saturated rings. The number of nitrogens with two attached hydrogens (primary N) is 1. The van der Waals surface area contributed by atoms with Gasteiger partial charge in [0.25, 0.3) is 0 Å². The van der Waals surface area contributed by atoms with Gasteiger partial charge in [-0.3, -0.25) is 9.78 Å². The number of pyridine rings is 1. The number of hydrogen-bond donors (Lipinski definition) is 1. The molecule has 1 aromatic heterocycles. The van der Waals surface area contributed by atoms with E-state index >= 15 is 0 Å². The van der Waals surface area contributed by atoms with E-state index in [9.17, 15) is 4.79 Å². The Morgan fingerprint density at radius 1 is 1.00 bits per heavy atom. The van der Waals surface area contributed by atoms with E-state index in [0.717, 1.165) is 37.0 Å². The second kappa shape index (κ2) is 6.18. The minimum Gasteiger partial charge on any atom is -0.399 e. The fraction of sp³-hybridized carbons (Fsp3) is 0.333. The van der Waals surface area contributed by atoms with Crippen molar-refractivity contribution >= 4 is 33.1 Å². The molecule has 3 heterocycles. The van der Waals surface area contributed by atoms with Crippen LogP contribution in [-0.2, 0) is 9.47 Å². The normalized spacial score (nSPS) is 19.2. The number of anilines is 2. The first kappa shape index (κ1) is 16.5. The molecule has 6 heteroatoms. The highest BCUT2D eigenvalue weighted by atomic mass is 16.7. The molecule has 2 aliphatic heterocycles. The number of fused-ring (bicyclic) bond motifs is 2. The third-order valence-corrected chi connectivity index (χ3v) is 5.60. The molecule has 138 valence electrons. The molecule has 0 saturated carbocycles. The number of piperidine rings is 1. The summed E-state index contributed by atoms with van der Waals surface area (Å²) in [5, 5.41) is 2.10. The molecule has 0 aliphatic carbocycles. The van der Waals surface area contributed by atoms with E-state index in [1.807, 2.05) is 36.5 Å². The monoisotopic (exact) mass is 363 g/mol. The zero-order valence-corrected chi connectivity index (χ0v) is 15.0. The topological polar surface area (TPSA) is 77.7 Å². The van der Waals surface area contributed by atoms with Crippen molar-refractivity contribution in [1.82, 2.24) is 4.98 Å². The van der Waals surface area contributed by atoms with Crippen LogP contribution in [0, 0.1) is 0 Å². The molecule has 0 bridgehead atoms. The Hall–Kier alpha value is -2.70. The Kier molecular flexibility index (Phi) is 3.77. The van der Waals surface area contributed by atoms with Gasteiger partial charge in [-0.1, -0.05) is 12.1 Å². The van der Waals surface area contributed by atoms with E-state index in [4.69, 9.17) is 15.2 Å². The SMILES string of the molecule is Nc1ccc2ccc3ncc(N4CCC5(CC4)OCCO5)cc3c(=O)c2c1. The van der Waals surface area contributed by atoms with Crippen LogP contribution in [0.1, 0.15) is 12.8 Å². The van der Waals surface area contributed by atoms with Crippen LogP contribution in [0.25, 0.3) is 21.7 Å². The van der Waals surface area contributed by atoms with Gasteiger partial charge in [0, 0.05) is 37.0 Å². The molecule has 0 atom stereocenters. The van der Waals surface area contributed by atoms with E-state index < -0.39 is 5.79 Å². The molecule has 6 nitrogen and oxygen atoms in total. The number of nitrogen functional groups attached to an aromatic ring is 1. The van der Waals surface area contributed by atoms with Crippen LogP contribution in [-0.4, -0.2) is 37.1 Å². The highest BCUT2D eigenvalue weighted by Crippen LogP contribution is 2.33. The van der Waals surface area contributed by atoms with Gasteiger partial charge in [-0.15, -0.1) is 0 Å². The Morgan fingerprint density at radius 3 is 2.52 bits per heavy atom. The molecule has 3 aromatic rings. The van der Waals surface area contributed by atoms with Crippen LogP contribution in [0.2, 0.25) is 0 Å². The Morgan fingerprint density at radius 2 is 1.74 bits per heavy atom. The van der Waals surface area contributed by atoms with E-state index in [2.05, 4.69) is 9.88 Å². The van der Waals surface area contributed by atoms with Crippen LogP contribution in [0.4, 0.5) is 11.4 Å². The quantitative estimate of drug-likeness (QED) is 0.670. The standard InChI is InChI=1S/C21H21N3O3/c22-15-3-1-14-2-4-19-18(20(25)17(14)11-15)12-16(13-23-19)24-7-5-21(6-8-24)26-9-10-27-21/h1-4,11-13H,5-10,22H2. The number of hydrogen-bond acceptors (Lipinski definition) is 6. The van der Waals surface area contributed by atoms with Crippen LogP contribution in [0.5, 0.6) is 0 Å². The maximum Gasteiger partial charge on any atom is 0.195 e. The van der Waals surface area contributed by atoms with Crippen molar-refractivity contribution in [2.75, 3.05) is 36.9 Å². The first-order chi connectivity index (χ1) is 13.1. The summed E-state index contributed by atoms with van der Waals surface area (Å²) in [6, 6.07) is 11.2. The van der Waals surface area contributed by atoms with Gasteiger partial charge in [-0.25, -0.2) is 0 Å². The van der Waals surface area contributed by atoms with Gasteiger partial charge in [-0.2, -0.15) is 0 Å². The molecule has 2 saturated heterocycles. The van der Waals surface area contributed by atoms with Crippen molar-refractivity contribution in [2.24, 2.45) is 0 Å². The van der Waals surface area contributed by atoms with E-state index in [0.29, 0.717) is 35.2 Å². The van der Waals surface area contributed by atoms with Gasteiger partial charge >= 0.3 is 0 Å². The largest absolute Gasteiger partial charge is 0.399 e. The third-order valence-electron chi connectivity index (χ3n) is 5.60. The van der Waals surface area contributed by atoms with Gasteiger partial charge in [0.05, 0.1) is 36.0 Å². The zero-order valence-electron chi connectivity index (χ0n) is 15.0. The highest BCUT2D eigenvalue weighted by molar-refractivity contribution is 5.94. The summed E-state index contributed by atoms with van der Waals surface area (Å²) in [6.07, 6.45) is 3.48. The maximum atomic E-state index is 13.1. The van der Waals surface area contributed by atoms with Crippen LogP contribution in [0.3, 0.4) is 0 Å². The van der Waals surface area contributed by atoms with Crippen LogP contribution in [0.15, 0.2) is 47.4 Å². The molecular formula is C21H21N3O3. The second-order valence-electron chi connectivity index (χ2n) is 7.23. The molecule has 2 aromatic carbocycles. The molecule has 2 N–H and O–H groups in total. The van der Waals surface area contributed by atoms with E-state index in [1.165, 1.54) is 0 Å². The predicted molar refractivity (Wildman–Crippen MR) is 106 cm³/mol. The minimum absolute atomic E-state index is 0.0393. The lowest BCUT2D eigenvalue weighted by atomic mass is 10.0. The average molecular weight is 363 g/mol. The van der Waals surface area contributed by atoms with Crippen molar-refractivity contribution in [1.29, 1.82) is 0 Å². The molecule has 27 heavy (non-hydrogen) atoms. The zero-order chi connectivity index (χ0) is 18.4. The van der Waals surface area contributed by atoms with Gasteiger partial charge < -0.3 is 20.1 Å². The van der Waals surface area contributed by atoms with Gasteiger partial charge in [0.2, 0.25) is 0 Å². The van der Waals surface area contributed by atoms with E-state index in [1.54, 1.807) is 6.07 Å².